The van der Waals surface area contributed by atoms with Gasteiger partial charge in [-0.1, -0.05) is 58.0 Å². The van der Waals surface area contributed by atoms with Gasteiger partial charge in [0.15, 0.2) is 0 Å². The average molecular weight is 277 g/mol. The van der Waals surface area contributed by atoms with Crippen molar-refractivity contribution in [1.82, 2.24) is 5.32 Å². The number of aliphatic hydroxyl groups is 1. The van der Waals surface area contributed by atoms with E-state index in [1.165, 1.54) is 5.56 Å². The minimum Gasteiger partial charge on any atom is -0.389 e. The Labute approximate surface area is 124 Å². The van der Waals surface area contributed by atoms with Gasteiger partial charge in [0, 0.05) is 13.1 Å². The van der Waals surface area contributed by atoms with Crippen LogP contribution in [0.3, 0.4) is 0 Å². The van der Waals surface area contributed by atoms with Crippen molar-refractivity contribution < 1.29 is 5.11 Å². The fraction of sp³-hybridized carbons (Fsp3) is 0.667. The molecule has 0 bridgehead atoms. The topological polar surface area (TPSA) is 32.3 Å². The van der Waals surface area contributed by atoms with Gasteiger partial charge in [-0.05, 0) is 36.7 Å². The van der Waals surface area contributed by atoms with Crippen molar-refractivity contribution in [3.05, 3.63) is 35.9 Å². The molecule has 2 unspecified atom stereocenters. The van der Waals surface area contributed by atoms with Gasteiger partial charge < -0.3 is 10.4 Å². The summed E-state index contributed by atoms with van der Waals surface area (Å²) < 4.78 is 0. The maximum atomic E-state index is 10.3. The highest BCUT2D eigenvalue weighted by Gasteiger charge is 2.22. The summed E-state index contributed by atoms with van der Waals surface area (Å²) in [6, 6.07) is 10.6. The first-order valence-electron chi connectivity index (χ1n) is 7.80. The Morgan fingerprint density at radius 1 is 1.10 bits per heavy atom. The molecule has 2 nitrogen and oxygen atoms in total. The number of rotatable bonds is 8. The molecule has 1 rings (SSSR count). The molecule has 0 aromatic heterocycles. The first kappa shape index (κ1) is 17.2. The predicted molar refractivity (Wildman–Crippen MR) is 87.0 cm³/mol. The van der Waals surface area contributed by atoms with Crippen LogP contribution in [0.5, 0.6) is 0 Å². The summed E-state index contributed by atoms with van der Waals surface area (Å²) in [4.78, 5) is 0. The second-order valence-electron chi connectivity index (χ2n) is 6.99. The number of benzene rings is 1. The Balaban J connectivity index is 2.53. The minimum atomic E-state index is -0.619. The van der Waals surface area contributed by atoms with Gasteiger partial charge in [0.05, 0.1) is 5.60 Å². The summed E-state index contributed by atoms with van der Waals surface area (Å²) >= 11 is 0. The van der Waals surface area contributed by atoms with Gasteiger partial charge in [0.1, 0.15) is 0 Å². The van der Waals surface area contributed by atoms with E-state index in [2.05, 4.69) is 63.3 Å². The lowest BCUT2D eigenvalue weighted by Gasteiger charge is -2.28. The Kier molecular flexibility index (Phi) is 6.70. The first-order chi connectivity index (χ1) is 9.32. The van der Waals surface area contributed by atoms with Gasteiger partial charge in [-0.25, -0.2) is 0 Å². The molecule has 0 amide bonds. The van der Waals surface area contributed by atoms with Gasteiger partial charge in [-0.2, -0.15) is 0 Å². The van der Waals surface area contributed by atoms with Crippen LogP contribution in [0.4, 0.5) is 0 Å². The number of nitrogens with one attached hydrogen (secondary N) is 1. The smallest absolute Gasteiger partial charge is 0.0746 e. The van der Waals surface area contributed by atoms with Crippen molar-refractivity contribution in [2.45, 2.75) is 52.6 Å². The van der Waals surface area contributed by atoms with Crippen molar-refractivity contribution in [2.24, 2.45) is 11.8 Å². The van der Waals surface area contributed by atoms with Gasteiger partial charge in [-0.15, -0.1) is 0 Å². The molecule has 0 aliphatic rings. The monoisotopic (exact) mass is 277 g/mol. The van der Waals surface area contributed by atoms with E-state index in [4.69, 9.17) is 0 Å². The van der Waals surface area contributed by atoms with Crippen LogP contribution in [-0.4, -0.2) is 23.8 Å². The zero-order valence-electron chi connectivity index (χ0n) is 13.7. The van der Waals surface area contributed by atoms with E-state index >= 15 is 0 Å². The van der Waals surface area contributed by atoms with Crippen LogP contribution in [0.25, 0.3) is 0 Å². The Hall–Kier alpha value is -0.860. The standard InChI is InChI=1S/C18H31NO/c1-14(2)11-18(5,20)13-19-12-17(15(3)4)16-9-7-6-8-10-16/h6-10,14-15,17,19-20H,11-13H2,1-5H3. The summed E-state index contributed by atoms with van der Waals surface area (Å²) in [5, 5.41) is 13.8. The number of hydrogen-bond donors (Lipinski definition) is 2. The summed E-state index contributed by atoms with van der Waals surface area (Å²) in [6.45, 7) is 12.3. The van der Waals surface area contributed by atoms with Crippen LogP contribution in [0, 0.1) is 11.8 Å². The third-order valence-corrected chi connectivity index (χ3v) is 3.75. The molecule has 1 aromatic carbocycles. The molecule has 0 saturated heterocycles. The Bertz CT molecular complexity index is 370. The lowest BCUT2D eigenvalue weighted by molar-refractivity contribution is 0.0381. The lowest BCUT2D eigenvalue weighted by Crippen LogP contribution is -2.40. The molecule has 0 heterocycles. The SMILES string of the molecule is CC(C)CC(C)(O)CNCC(c1ccccc1)C(C)C. The van der Waals surface area contributed by atoms with E-state index in [9.17, 15) is 5.11 Å². The van der Waals surface area contributed by atoms with E-state index in [0.717, 1.165) is 13.0 Å². The molecular formula is C18H31NO. The molecule has 2 N–H and O–H groups in total. The van der Waals surface area contributed by atoms with E-state index < -0.39 is 5.60 Å². The van der Waals surface area contributed by atoms with Crippen molar-refractivity contribution in [3.8, 4) is 0 Å². The molecule has 0 saturated carbocycles. The van der Waals surface area contributed by atoms with E-state index in [1.54, 1.807) is 0 Å². The van der Waals surface area contributed by atoms with E-state index in [-0.39, 0.29) is 0 Å². The van der Waals surface area contributed by atoms with Gasteiger partial charge in [0.25, 0.3) is 0 Å². The molecule has 0 fully saturated rings. The predicted octanol–water partition coefficient (Wildman–Crippen LogP) is 3.81. The summed E-state index contributed by atoms with van der Waals surface area (Å²) in [5.41, 5.74) is 0.755. The maximum Gasteiger partial charge on any atom is 0.0746 e. The summed E-state index contributed by atoms with van der Waals surface area (Å²) in [5.74, 6) is 1.59. The van der Waals surface area contributed by atoms with Gasteiger partial charge >= 0.3 is 0 Å². The quantitative estimate of drug-likeness (QED) is 0.757. The lowest BCUT2D eigenvalue weighted by atomic mass is 9.88. The molecule has 0 spiro atoms. The van der Waals surface area contributed by atoms with Crippen LogP contribution in [0.2, 0.25) is 0 Å². The van der Waals surface area contributed by atoms with Crippen molar-refractivity contribution >= 4 is 0 Å². The molecule has 114 valence electrons. The van der Waals surface area contributed by atoms with Crippen molar-refractivity contribution in [3.63, 3.8) is 0 Å². The van der Waals surface area contributed by atoms with Crippen molar-refractivity contribution in [1.29, 1.82) is 0 Å². The fourth-order valence-corrected chi connectivity index (χ4v) is 2.89. The average Bonchev–Trinajstić information content (AvgIpc) is 2.33. The highest BCUT2D eigenvalue weighted by atomic mass is 16.3. The fourth-order valence-electron chi connectivity index (χ4n) is 2.89. The molecular weight excluding hydrogens is 246 g/mol. The molecule has 2 heteroatoms. The van der Waals surface area contributed by atoms with Gasteiger partial charge in [0.2, 0.25) is 0 Å². The zero-order chi connectivity index (χ0) is 15.2. The Morgan fingerprint density at radius 3 is 2.20 bits per heavy atom. The van der Waals surface area contributed by atoms with Crippen LogP contribution in [0.15, 0.2) is 30.3 Å². The number of hydrogen-bond acceptors (Lipinski definition) is 2. The molecule has 0 aliphatic heterocycles. The maximum absolute atomic E-state index is 10.3. The van der Waals surface area contributed by atoms with Crippen molar-refractivity contribution in [2.75, 3.05) is 13.1 Å². The largest absolute Gasteiger partial charge is 0.389 e. The van der Waals surface area contributed by atoms with Crippen LogP contribution < -0.4 is 5.32 Å². The van der Waals surface area contributed by atoms with Crippen LogP contribution in [-0.2, 0) is 0 Å². The normalized spacial score (nSPS) is 16.4. The van der Waals surface area contributed by atoms with Crippen LogP contribution in [0.1, 0.15) is 52.5 Å². The Morgan fingerprint density at radius 2 is 1.70 bits per heavy atom. The second kappa shape index (κ2) is 7.80. The zero-order valence-corrected chi connectivity index (χ0v) is 13.7. The summed E-state index contributed by atoms with van der Waals surface area (Å²) in [6.07, 6.45) is 0.831. The minimum absolute atomic E-state index is 0.492. The highest BCUT2D eigenvalue weighted by Crippen LogP contribution is 2.23. The summed E-state index contributed by atoms with van der Waals surface area (Å²) in [7, 11) is 0. The van der Waals surface area contributed by atoms with E-state index in [0.29, 0.717) is 24.3 Å². The first-order valence-corrected chi connectivity index (χ1v) is 7.80. The third-order valence-electron chi connectivity index (χ3n) is 3.75. The molecule has 2 atom stereocenters. The molecule has 20 heavy (non-hydrogen) atoms. The third kappa shape index (κ3) is 6.06. The van der Waals surface area contributed by atoms with E-state index in [1.807, 2.05) is 6.92 Å². The molecule has 1 aromatic rings. The molecule has 0 aliphatic carbocycles. The van der Waals surface area contributed by atoms with Gasteiger partial charge in [-0.3, -0.25) is 0 Å². The second-order valence-corrected chi connectivity index (χ2v) is 6.99. The van der Waals surface area contributed by atoms with Crippen LogP contribution >= 0.6 is 0 Å². The molecule has 0 radical (unpaired) electrons. The highest BCUT2D eigenvalue weighted by molar-refractivity contribution is 5.20.